The Morgan fingerprint density at radius 1 is 1.16 bits per heavy atom. The fraction of sp³-hybridized carbons (Fsp3) is 0.636. The maximum absolute atomic E-state index is 11.3. The molecule has 0 spiro atoms. The first-order valence-corrected chi connectivity index (χ1v) is 5.68. The molecule has 0 bridgehead atoms. The highest BCUT2D eigenvalue weighted by atomic mass is 16.5. The lowest BCUT2D eigenvalue weighted by Crippen LogP contribution is -2.35. The molecule has 1 aromatic heterocycles. The molecule has 0 aliphatic heterocycles. The maximum Gasteiger partial charge on any atom is 0.319 e. The zero-order chi connectivity index (χ0) is 14.4. The Bertz CT molecular complexity index is 440. The number of methoxy groups -OCH3 is 2. The van der Waals surface area contributed by atoms with Gasteiger partial charge in [0, 0.05) is 7.05 Å². The fourth-order valence-electron chi connectivity index (χ4n) is 1.45. The molecule has 0 atom stereocenters. The molecule has 1 heterocycles. The predicted octanol–water partition coefficient (Wildman–Crippen LogP) is -0.728. The Morgan fingerprint density at radius 3 is 2.05 bits per heavy atom. The molecule has 0 amide bonds. The molecule has 0 aliphatic rings. The van der Waals surface area contributed by atoms with E-state index in [1.807, 2.05) is 14.0 Å². The zero-order valence-corrected chi connectivity index (χ0v) is 11.5. The second kappa shape index (κ2) is 6.83. The topological polar surface area (TPSA) is 86.6 Å². The molecule has 0 saturated carbocycles. The summed E-state index contributed by atoms with van der Waals surface area (Å²) >= 11 is 0. The van der Waals surface area contributed by atoms with E-state index in [1.165, 1.54) is 14.2 Å². The third kappa shape index (κ3) is 4.32. The largest absolute Gasteiger partial charge is 0.468 e. The van der Waals surface area contributed by atoms with Crippen LogP contribution >= 0.6 is 0 Å². The Balaban J connectivity index is 2.75. The number of hydrogen-bond donors (Lipinski definition) is 0. The van der Waals surface area contributed by atoms with Gasteiger partial charge in [0.1, 0.15) is 11.6 Å². The normalized spacial score (nSPS) is 10.6. The van der Waals surface area contributed by atoms with E-state index in [9.17, 15) is 9.59 Å². The van der Waals surface area contributed by atoms with Gasteiger partial charge >= 0.3 is 11.9 Å². The van der Waals surface area contributed by atoms with Gasteiger partial charge in [0.05, 0.1) is 33.9 Å². The van der Waals surface area contributed by atoms with Crippen LogP contribution in [0.4, 0.5) is 0 Å². The van der Waals surface area contributed by atoms with Crippen LogP contribution < -0.4 is 0 Å². The lowest BCUT2D eigenvalue weighted by molar-refractivity contribution is -0.145. The third-order valence-corrected chi connectivity index (χ3v) is 2.71. The van der Waals surface area contributed by atoms with Gasteiger partial charge in [0.2, 0.25) is 0 Å². The van der Waals surface area contributed by atoms with Crippen molar-refractivity contribution in [3.63, 3.8) is 0 Å². The van der Waals surface area contributed by atoms with Gasteiger partial charge in [-0.3, -0.25) is 14.5 Å². The van der Waals surface area contributed by atoms with E-state index in [2.05, 4.69) is 19.7 Å². The van der Waals surface area contributed by atoms with Crippen molar-refractivity contribution in [2.24, 2.45) is 7.05 Å². The molecule has 0 saturated heterocycles. The van der Waals surface area contributed by atoms with E-state index in [1.54, 1.807) is 9.47 Å². The number of esters is 2. The van der Waals surface area contributed by atoms with Crippen molar-refractivity contribution >= 4 is 11.9 Å². The third-order valence-electron chi connectivity index (χ3n) is 2.71. The Morgan fingerprint density at radius 2 is 1.68 bits per heavy atom. The SMILES string of the molecule is COC(=O)CN(CC(=O)OC)Cc1nnc(C)n1C. The summed E-state index contributed by atoms with van der Waals surface area (Å²) in [4.78, 5) is 24.2. The van der Waals surface area contributed by atoms with Crippen molar-refractivity contribution in [2.75, 3.05) is 27.3 Å². The number of aryl methyl sites for hydroxylation is 1. The van der Waals surface area contributed by atoms with Gasteiger partial charge in [0.25, 0.3) is 0 Å². The van der Waals surface area contributed by atoms with Crippen molar-refractivity contribution in [2.45, 2.75) is 13.5 Å². The van der Waals surface area contributed by atoms with Crippen LogP contribution in [0.15, 0.2) is 0 Å². The minimum atomic E-state index is -0.428. The highest BCUT2D eigenvalue weighted by Gasteiger charge is 2.18. The van der Waals surface area contributed by atoms with Crippen LogP contribution in [0.1, 0.15) is 11.6 Å². The molecule has 8 heteroatoms. The molecule has 19 heavy (non-hydrogen) atoms. The highest BCUT2D eigenvalue weighted by molar-refractivity contribution is 5.74. The van der Waals surface area contributed by atoms with E-state index >= 15 is 0 Å². The fourth-order valence-corrected chi connectivity index (χ4v) is 1.45. The molecule has 106 valence electrons. The lowest BCUT2D eigenvalue weighted by Gasteiger charge is -2.18. The molecule has 0 unspecified atom stereocenters. The van der Waals surface area contributed by atoms with Gasteiger partial charge in [-0.25, -0.2) is 0 Å². The van der Waals surface area contributed by atoms with Crippen molar-refractivity contribution in [3.8, 4) is 0 Å². The molecule has 1 aromatic rings. The first kappa shape index (κ1) is 15.1. The average Bonchev–Trinajstić information content (AvgIpc) is 2.70. The van der Waals surface area contributed by atoms with Crippen molar-refractivity contribution in [1.29, 1.82) is 0 Å². The van der Waals surface area contributed by atoms with E-state index < -0.39 is 11.9 Å². The molecule has 0 N–H and O–H groups in total. The zero-order valence-electron chi connectivity index (χ0n) is 11.5. The Labute approximate surface area is 111 Å². The van der Waals surface area contributed by atoms with Crippen LogP contribution in [0.5, 0.6) is 0 Å². The summed E-state index contributed by atoms with van der Waals surface area (Å²) in [6, 6.07) is 0. The van der Waals surface area contributed by atoms with Crippen molar-refractivity contribution in [3.05, 3.63) is 11.6 Å². The van der Waals surface area contributed by atoms with Crippen molar-refractivity contribution < 1.29 is 19.1 Å². The van der Waals surface area contributed by atoms with E-state index in [0.717, 1.165) is 5.82 Å². The number of aromatic nitrogens is 3. The smallest absolute Gasteiger partial charge is 0.319 e. The number of ether oxygens (including phenoxy) is 2. The Hall–Kier alpha value is -1.96. The summed E-state index contributed by atoms with van der Waals surface area (Å²) in [5.74, 6) is 0.557. The second-order valence-corrected chi connectivity index (χ2v) is 4.02. The van der Waals surface area contributed by atoms with Crippen LogP contribution in [0.2, 0.25) is 0 Å². The lowest BCUT2D eigenvalue weighted by atomic mass is 10.4. The van der Waals surface area contributed by atoms with Gasteiger partial charge in [-0.15, -0.1) is 10.2 Å². The summed E-state index contributed by atoms with van der Waals surface area (Å²) in [5, 5.41) is 7.91. The number of rotatable bonds is 6. The second-order valence-electron chi connectivity index (χ2n) is 4.02. The standard InChI is InChI=1S/C11H18N4O4/c1-8-12-13-9(14(8)2)5-15(6-10(16)18-3)7-11(17)19-4/h5-7H2,1-4H3. The molecular weight excluding hydrogens is 252 g/mol. The van der Waals surface area contributed by atoms with Crippen molar-refractivity contribution in [1.82, 2.24) is 19.7 Å². The van der Waals surface area contributed by atoms with Crippen LogP contribution in [0, 0.1) is 6.92 Å². The number of nitrogens with zero attached hydrogens (tertiary/aromatic N) is 4. The monoisotopic (exact) mass is 270 g/mol. The molecule has 0 aliphatic carbocycles. The summed E-state index contributed by atoms with van der Waals surface area (Å²) in [6.45, 7) is 2.10. The quantitative estimate of drug-likeness (QED) is 0.630. The van der Waals surface area contributed by atoms with Gasteiger partial charge in [-0.1, -0.05) is 0 Å². The van der Waals surface area contributed by atoms with Gasteiger partial charge in [0.15, 0.2) is 0 Å². The number of carbonyl (C=O) groups is 2. The minimum Gasteiger partial charge on any atom is -0.468 e. The Kier molecular flexibility index (Phi) is 5.43. The summed E-state index contributed by atoms with van der Waals surface area (Å²) < 4.78 is 11.0. The maximum atomic E-state index is 11.3. The molecule has 0 aromatic carbocycles. The summed E-state index contributed by atoms with van der Waals surface area (Å²) in [5.41, 5.74) is 0. The molecule has 0 radical (unpaired) electrons. The molecular formula is C11H18N4O4. The van der Waals surface area contributed by atoms with Gasteiger partial charge in [-0.05, 0) is 6.92 Å². The molecule has 0 fully saturated rings. The molecule has 1 rings (SSSR count). The average molecular weight is 270 g/mol. The van der Waals surface area contributed by atoms with E-state index in [-0.39, 0.29) is 13.1 Å². The summed E-state index contributed by atoms with van der Waals surface area (Å²) in [6.07, 6.45) is 0. The predicted molar refractivity (Wildman–Crippen MR) is 65.0 cm³/mol. The van der Waals surface area contributed by atoms with Gasteiger partial charge in [-0.2, -0.15) is 0 Å². The number of carbonyl (C=O) groups excluding carboxylic acids is 2. The molecule has 8 nitrogen and oxygen atoms in total. The van der Waals surface area contributed by atoms with Crippen LogP contribution in [0.25, 0.3) is 0 Å². The number of hydrogen-bond acceptors (Lipinski definition) is 7. The van der Waals surface area contributed by atoms with Crippen LogP contribution in [-0.2, 0) is 32.7 Å². The summed E-state index contributed by atoms with van der Waals surface area (Å²) in [7, 11) is 4.41. The first-order valence-electron chi connectivity index (χ1n) is 5.68. The van der Waals surface area contributed by atoms with Crippen LogP contribution in [0.3, 0.4) is 0 Å². The van der Waals surface area contributed by atoms with Crippen LogP contribution in [-0.4, -0.2) is 58.9 Å². The highest BCUT2D eigenvalue weighted by Crippen LogP contribution is 2.03. The first-order chi connectivity index (χ1) is 8.97. The van der Waals surface area contributed by atoms with E-state index in [0.29, 0.717) is 12.4 Å². The van der Waals surface area contributed by atoms with Gasteiger partial charge < -0.3 is 14.0 Å². The minimum absolute atomic E-state index is 0.0164. The van der Waals surface area contributed by atoms with E-state index in [4.69, 9.17) is 0 Å².